The molecule has 2 atom stereocenters. The van der Waals surface area contributed by atoms with E-state index < -0.39 is 18.0 Å². The van der Waals surface area contributed by atoms with Gasteiger partial charge in [0.25, 0.3) is 0 Å². The number of aliphatic hydroxyl groups is 3. The van der Waals surface area contributed by atoms with Crippen molar-refractivity contribution >= 4 is 23.5 Å². The van der Waals surface area contributed by atoms with Crippen molar-refractivity contribution in [2.75, 3.05) is 0 Å². The summed E-state index contributed by atoms with van der Waals surface area (Å²) in [6, 6.07) is 6.13. The minimum absolute atomic E-state index is 0.0606. The lowest BCUT2D eigenvalue weighted by Crippen LogP contribution is -2.26. The van der Waals surface area contributed by atoms with Crippen LogP contribution in [0.1, 0.15) is 29.1 Å². The third kappa shape index (κ3) is 3.86. The first-order valence-corrected chi connectivity index (χ1v) is 7.00. The first kappa shape index (κ1) is 16.5. The summed E-state index contributed by atoms with van der Waals surface area (Å²) in [5, 5.41) is 28.6. The summed E-state index contributed by atoms with van der Waals surface area (Å²) in [4.78, 5) is 11.8. The van der Waals surface area contributed by atoms with Gasteiger partial charge in [0.15, 0.2) is 5.78 Å². The van der Waals surface area contributed by atoms with Crippen LogP contribution in [0.5, 0.6) is 0 Å². The highest BCUT2D eigenvalue weighted by atomic mass is 35.5. The number of carbonyl (C=O) groups is 1. The van der Waals surface area contributed by atoms with Gasteiger partial charge in [-0.15, -0.1) is 11.6 Å². The number of alkyl halides is 1. The minimum atomic E-state index is -1.67. The largest absolute Gasteiger partial charge is 0.462 e. The summed E-state index contributed by atoms with van der Waals surface area (Å²) in [6.45, 7) is -0.246. The molecule has 3 N–H and O–H groups in total. The van der Waals surface area contributed by atoms with E-state index >= 15 is 0 Å². The number of carbonyl (C=O) groups excluding carboxylic acids is 1. The number of halogens is 1. The van der Waals surface area contributed by atoms with Crippen LogP contribution in [-0.4, -0.2) is 27.2 Å². The molecule has 118 valence electrons. The van der Waals surface area contributed by atoms with Crippen molar-refractivity contribution in [2.45, 2.75) is 24.7 Å². The molecule has 0 aliphatic rings. The molecule has 2 rings (SSSR count). The number of hydrogen-bond acceptors (Lipinski definition) is 6. The summed E-state index contributed by atoms with van der Waals surface area (Å²) >= 11 is 5.57. The summed E-state index contributed by atoms with van der Waals surface area (Å²) in [7, 11) is 0. The van der Waals surface area contributed by atoms with Crippen LogP contribution in [0, 0.1) is 0 Å². The van der Waals surface area contributed by atoms with Crippen LogP contribution in [0.25, 0.3) is 6.08 Å². The molecular weight excluding hydrogens is 312 g/mol. The van der Waals surface area contributed by atoms with Crippen LogP contribution in [0.4, 0.5) is 0 Å². The van der Waals surface area contributed by atoms with Crippen LogP contribution in [-0.2, 0) is 17.3 Å². The molecular formula is C15H15ClO6. The lowest BCUT2D eigenvalue weighted by atomic mass is 10.1. The van der Waals surface area contributed by atoms with Crippen molar-refractivity contribution < 1.29 is 28.9 Å². The number of hydrogen-bond donors (Lipinski definition) is 3. The van der Waals surface area contributed by atoms with Crippen LogP contribution in [0.3, 0.4) is 0 Å². The molecule has 0 aliphatic carbocycles. The Labute approximate surface area is 131 Å². The molecule has 0 saturated heterocycles. The third-order valence-corrected chi connectivity index (χ3v) is 3.21. The molecule has 0 bridgehead atoms. The van der Waals surface area contributed by atoms with Gasteiger partial charge in [-0.25, -0.2) is 0 Å². The van der Waals surface area contributed by atoms with Crippen molar-refractivity contribution in [3.8, 4) is 0 Å². The summed E-state index contributed by atoms with van der Waals surface area (Å²) < 4.78 is 10.3. The van der Waals surface area contributed by atoms with Gasteiger partial charge in [-0.05, 0) is 36.4 Å². The van der Waals surface area contributed by atoms with E-state index in [9.17, 15) is 15.0 Å². The lowest BCUT2D eigenvalue weighted by Gasteiger charge is -2.12. The van der Waals surface area contributed by atoms with Crippen molar-refractivity contribution in [1.82, 2.24) is 0 Å². The molecule has 0 spiro atoms. The number of furan rings is 2. The second-order valence-corrected chi connectivity index (χ2v) is 4.79. The second-order valence-electron chi connectivity index (χ2n) is 4.53. The average molecular weight is 327 g/mol. The van der Waals surface area contributed by atoms with Crippen LogP contribution < -0.4 is 0 Å². The smallest absolute Gasteiger partial charge is 0.187 e. The van der Waals surface area contributed by atoms with Crippen molar-refractivity contribution in [3.05, 3.63) is 53.4 Å². The highest BCUT2D eigenvalue weighted by molar-refractivity contribution is 6.16. The monoisotopic (exact) mass is 326 g/mol. The maximum atomic E-state index is 11.8. The summed E-state index contributed by atoms with van der Waals surface area (Å²) in [5.74, 6) is 0.614. The first-order valence-electron chi connectivity index (χ1n) is 6.47. The van der Waals surface area contributed by atoms with Crippen LogP contribution in [0.15, 0.2) is 39.2 Å². The Morgan fingerprint density at radius 1 is 1.18 bits per heavy atom. The zero-order chi connectivity index (χ0) is 16.1. The molecule has 0 saturated carbocycles. The van der Waals surface area contributed by atoms with Gasteiger partial charge in [-0.3, -0.25) is 4.79 Å². The first-order chi connectivity index (χ1) is 10.5. The Morgan fingerprint density at radius 3 is 2.50 bits per heavy atom. The Hall–Kier alpha value is -1.86. The van der Waals surface area contributed by atoms with Crippen molar-refractivity contribution in [1.29, 1.82) is 0 Å². The highest BCUT2D eigenvalue weighted by Gasteiger charge is 2.26. The molecule has 22 heavy (non-hydrogen) atoms. The fourth-order valence-electron chi connectivity index (χ4n) is 1.77. The zero-order valence-electron chi connectivity index (χ0n) is 11.5. The Balaban J connectivity index is 2.01. The predicted octanol–water partition coefficient (Wildman–Crippen LogP) is 1.78. The fourth-order valence-corrected chi connectivity index (χ4v) is 1.91. The molecule has 2 aromatic rings. The van der Waals surface area contributed by atoms with Gasteiger partial charge in [0.1, 0.15) is 41.9 Å². The lowest BCUT2D eigenvalue weighted by molar-refractivity contribution is -0.128. The molecule has 2 unspecified atom stereocenters. The molecule has 2 aromatic heterocycles. The normalized spacial score (nSPS) is 14.4. The van der Waals surface area contributed by atoms with Gasteiger partial charge >= 0.3 is 0 Å². The van der Waals surface area contributed by atoms with Gasteiger partial charge < -0.3 is 24.2 Å². The number of aliphatic hydroxyl groups excluding tert-OH is 3. The van der Waals surface area contributed by atoms with E-state index in [-0.39, 0.29) is 18.2 Å². The zero-order valence-corrected chi connectivity index (χ0v) is 12.2. The Bertz CT molecular complexity index is 657. The molecule has 7 heteroatoms. The van der Waals surface area contributed by atoms with Gasteiger partial charge in [0, 0.05) is 0 Å². The van der Waals surface area contributed by atoms with E-state index in [1.807, 2.05) is 0 Å². The van der Waals surface area contributed by atoms with E-state index in [0.717, 1.165) is 6.08 Å². The Kier molecular flexibility index (Phi) is 5.57. The van der Waals surface area contributed by atoms with Gasteiger partial charge in [0.2, 0.25) is 0 Å². The molecule has 0 amide bonds. The Morgan fingerprint density at radius 2 is 1.91 bits per heavy atom. The van der Waals surface area contributed by atoms with Crippen LogP contribution in [0.2, 0.25) is 0 Å². The quantitative estimate of drug-likeness (QED) is 0.529. The molecule has 6 nitrogen and oxygen atoms in total. The van der Waals surface area contributed by atoms with Gasteiger partial charge in [-0.1, -0.05) is 0 Å². The van der Waals surface area contributed by atoms with E-state index in [4.69, 9.17) is 25.5 Å². The van der Waals surface area contributed by atoms with Crippen molar-refractivity contribution in [3.63, 3.8) is 0 Å². The minimum Gasteiger partial charge on any atom is -0.462 e. The topological polar surface area (TPSA) is 104 Å². The predicted molar refractivity (Wildman–Crippen MR) is 77.9 cm³/mol. The molecule has 0 aromatic carbocycles. The van der Waals surface area contributed by atoms with E-state index in [1.165, 1.54) is 12.1 Å². The maximum Gasteiger partial charge on any atom is 0.187 e. The molecule has 0 radical (unpaired) electrons. The van der Waals surface area contributed by atoms with Crippen LogP contribution >= 0.6 is 11.6 Å². The fraction of sp³-hybridized carbons (Fsp3) is 0.267. The van der Waals surface area contributed by atoms with Gasteiger partial charge in [0.05, 0.1) is 5.88 Å². The van der Waals surface area contributed by atoms with Gasteiger partial charge in [-0.2, -0.15) is 0 Å². The standard InChI is InChI=1S/C15H15ClO6/c16-7-10-4-6-13(22-10)15(20)14(19)12(18)5-3-9-1-2-11(8-17)21-9/h1-6,14-15,17,19-20H,7-8H2/b5-3+. The summed E-state index contributed by atoms with van der Waals surface area (Å²) in [5.41, 5.74) is 0. The highest BCUT2D eigenvalue weighted by Crippen LogP contribution is 2.21. The summed E-state index contributed by atoms with van der Waals surface area (Å²) in [6.07, 6.45) is -0.736. The van der Waals surface area contributed by atoms with E-state index in [2.05, 4.69) is 0 Å². The maximum absolute atomic E-state index is 11.8. The molecule has 2 heterocycles. The second kappa shape index (κ2) is 7.42. The SMILES string of the molecule is O=C(/C=C/c1ccc(CO)o1)C(O)C(O)c1ccc(CCl)o1. The van der Waals surface area contributed by atoms with E-state index in [1.54, 1.807) is 18.2 Å². The number of rotatable bonds is 7. The number of ketones is 1. The molecule has 0 fully saturated rings. The average Bonchev–Trinajstić information content (AvgIpc) is 3.19. The van der Waals surface area contributed by atoms with E-state index in [0.29, 0.717) is 17.3 Å². The third-order valence-electron chi connectivity index (χ3n) is 2.95. The van der Waals surface area contributed by atoms with Crippen molar-refractivity contribution in [2.24, 2.45) is 0 Å². The molecule has 0 aliphatic heterocycles.